The number of nitrogens with zero attached hydrogens (tertiary/aromatic N) is 1. The van der Waals surface area contributed by atoms with Gasteiger partial charge in [-0.25, -0.2) is 9.59 Å². The van der Waals surface area contributed by atoms with Crippen LogP contribution in [0.4, 0.5) is 13.2 Å². The van der Waals surface area contributed by atoms with E-state index in [0.717, 1.165) is 6.08 Å². The Labute approximate surface area is 286 Å². The number of hydrogen-bond donors (Lipinski definition) is 2. The van der Waals surface area contributed by atoms with Gasteiger partial charge in [-0.15, -0.1) is 0 Å². The Morgan fingerprint density at radius 1 is 1.10 bits per heavy atom. The molecule has 1 aromatic carbocycles. The third-order valence-electron chi connectivity index (χ3n) is 7.97. The number of alkyl halides is 3. The lowest BCUT2D eigenvalue weighted by Gasteiger charge is -2.33. The Balaban J connectivity index is 1.35. The predicted molar refractivity (Wildman–Crippen MR) is 168 cm³/mol. The standard InChI is InChI=1S/C34H41F3N2O11/c1-33(2,3)50-28(42)13-11-23(17-40)38-30(43)24-5-4-14-39(24)31(44)22-15-25-29(48-19-47-25)26(16-22)49-32(45)21-9-6-20(7-10-21)8-12-27(41)46-18-34(35,36)37/h6-10,12,15,23-26,29,40H,4-5,11,13-14,16-19H2,1-3H3,(H,38,43)/t23-,24+,25+,26+,29+/m0/s1. The molecule has 4 rings (SSSR count). The number of carbonyl (C=O) groups excluding carboxylic acids is 5. The van der Waals surface area contributed by atoms with Crippen molar-refractivity contribution >= 4 is 35.8 Å². The average molecular weight is 711 g/mol. The minimum absolute atomic E-state index is 0.0142. The molecule has 0 saturated carbocycles. The van der Waals surface area contributed by atoms with Crippen molar-refractivity contribution in [3.05, 3.63) is 53.1 Å². The number of halogens is 3. The fourth-order valence-corrected chi connectivity index (χ4v) is 5.67. The molecule has 2 amide bonds. The zero-order valence-electron chi connectivity index (χ0n) is 27.9. The van der Waals surface area contributed by atoms with Crippen LogP contribution < -0.4 is 5.32 Å². The number of carbonyl (C=O) groups is 5. The second-order valence-corrected chi connectivity index (χ2v) is 13.1. The van der Waals surface area contributed by atoms with Crippen LogP contribution in [-0.4, -0.2) is 108 Å². The Kier molecular flexibility index (Phi) is 12.8. The highest BCUT2D eigenvalue weighted by atomic mass is 19.4. The van der Waals surface area contributed by atoms with Crippen molar-refractivity contribution in [1.29, 1.82) is 0 Å². The molecule has 2 N–H and O–H groups in total. The van der Waals surface area contributed by atoms with Crippen molar-refractivity contribution < 1.29 is 65.9 Å². The maximum Gasteiger partial charge on any atom is 0.422 e. The number of esters is 3. The van der Waals surface area contributed by atoms with E-state index in [9.17, 15) is 42.3 Å². The Bertz CT molecular complexity index is 1470. The maximum atomic E-state index is 13.8. The van der Waals surface area contributed by atoms with Gasteiger partial charge in [-0.05, 0) is 69.9 Å². The van der Waals surface area contributed by atoms with Crippen molar-refractivity contribution in [2.24, 2.45) is 0 Å². The van der Waals surface area contributed by atoms with Gasteiger partial charge in [0, 0.05) is 31.0 Å². The SMILES string of the molecule is CC(C)(C)OC(=O)CC[C@@H](CO)NC(=O)[C@H]1CCCN1C(=O)C1=C[C@H]2OCO[C@H]2[C@H](OC(=O)c2ccc(C=CC(=O)OCC(F)(F)F)cc2)C1. The average Bonchev–Trinajstić information content (AvgIpc) is 3.74. The summed E-state index contributed by atoms with van der Waals surface area (Å²) in [6, 6.07) is 4.16. The molecule has 2 heterocycles. The highest BCUT2D eigenvalue weighted by Gasteiger charge is 2.45. The fourth-order valence-electron chi connectivity index (χ4n) is 5.67. The van der Waals surface area contributed by atoms with Gasteiger partial charge in [0.2, 0.25) is 11.8 Å². The Morgan fingerprint density at radius 2 is 1.82 bits per heavy atom. The highest BCUT2D eigenvalue weighted by Crippen LogP contribution is 2.33. The summed E-state index contributed by atoms with van der Waals surface area (Å²) < 4.78 is 63.1. The summed E-state index contributed by atoms with van der Waals surface area (Å²) in [5.41, 5.74) is 0.138. The van der Waals surface area contributed by atoms with Crippen LogP contribution in [0.2, 0.25) is 0 Å². The first-order chi connectivity index (χ1) is 23.5. The molecule has 274 valence electrons. The number of nitrogens with one attached hydrogen (secondary N) is 1. The highest BCUT2D eigenvalue weighted by molar-refractivity contribution is 5.98. The molecule has 2 saturated heterocycles. The first-order valence-electron chi connectivity index (χ1n) is 16.1. The second kappa shape index (κ2) is 16.6. The van der Waals surface area contributed by atoms with Crippen LogP contribution in [0.5, 0.6) is 0 Å². The normalized spacial score (nSPS) is 22.8. The zero-order chi connectivity index (χ0) is 36.6. The van der Waals surface area contributed by atoms with Gasteiger partial charge in [-0.1, -0.05) is 12.1 Å². The summed E-state index contributed by atoms with van der Waals surface area (Å²) >= 11 is 0. The van der Waals surface area contributed by atoms with Gasteiger partial charge in [0.25, 0.3) is 0 Å². The van der Waals surface area contributed by atoms with Crippen molar-refractivity contribution in [2.45, 2.75) is 95.0 Å². The third kappa shape index (κ3) is 11.1. The molecule has 0 spiro atoms. The zero-order valence-corrected chi connectivity index (χ0v) is 27.9. The van der Waals surface area contributed by atoms with Crippen molar-refractivity contribution in [3.63, 3.8) is 0 Å². The maximum absolute atomic E-state index is 13.8. The summed E-state index contributed by atoms with van der Waals surface area (Å²) in [4.78, 5) is 65.2. The van der Waals surface area contributed by atoms with Gasteiger partial charge in [0.15, 0.2) is 6.61 Å². The summed E-state index contributed by atoms with van der Waals surface area (Å²) in [6.45, 7) is 3.31. The van der Waals surface area contributed by atoms with Crippen LogP contribution in [0.1, 0.15) is 68.8 Å². The summed E-state index contributed by atoms with van der Waals surface area (Å²) in [6.07, 6.45) is -2.21. The van der Waals surface area contributed by atoms with Gasteiger partial charge < -0.3 is 39.0 Å². The van der Waals surface area contributed by atoms with Crippen LogP contribution in [-0.2, 0) is 42.9 Å². The molecule has 1 aliphatic carbocycles. The molecular formula is C34H41F3N2O11. The molecule has 0 aromatic heterocycles. The Morgan fingerprint density at radius 3 is 2.48 bits per heavy atom. The summed E-state index contributed by atoms with van der Waals surface area (Å²) in [5, 5.41) is 12.6. The molecule has 0 radical (unpaired) electrons. The summed E-state index contributed by atoms with van der Waals surface area (Å²) in [5.74, 6) is -3.28. The van der Waals surface area contributed by atoms with E-state index in [1.165, 1.54) is 35.2 Å². The van der Waals surface area contributed by atoms with E-state index in [1.807, 2.05) is 0 Å². The molecule has 16 heteroatoms. The van der Waals surface area contributed by atoms with Gasteiger partial charge >= 0.3 is 24.1 Å². The molecule has 2 fully saturated rings. The quantitative estimate of drug-likeness (QED) is 0.186. The number of aliphatic hydroxyl groups excluding tert-OH is 1. The minimum atomic E-state index is -4.65. The lowest BCUT2D eigenvalue weighted by Crippen LogP contribution is -2.51. The van der Waals surface area contributed by atoms with E-state index < -0.39 is 85.1 Å². The first-order valence-corrected chi connectivity index (χ1v) is 16.1. The topological polar surface area (TPSA) is 167 Å². The first kappa shape index (κ1) is 38.5. The smallest absolute Gasteiger partial charge is 0.422 e. The van der Waals surface area contributed by atoms with Crippen LogP contribution in [0.3, 0.4) is 0 Å². The number of rotatable bonds is 12. The van der Waals surface area contributed by atoms with Gasteiger partial charge in [-0.3, -0.25) is 14.4 Å². The van der Waals surface area contributed by atoms with Gasteiger partial charge in [0.05, 0.1) is 18.2 Å². The molecule has 0 bridgehead atoms. The molecule has 2 aliphatic heterocycles. The fraction of sp³-hybridized carbons (Fsp3) is 0.559. The number of hydrogen-bond acceptors (Lipinski definition) is 11. The van der Waals surface area contributed by atoms with Gasteiger partial charge in [0.1, 0.15) is 36.7 Å². The lowest BCUT2D eigenvalue weighted by molar-refractivity contribution is -0.182. The molecule has 5 atom stereocenters. The number of ether oxygens (including phenoxy) is 5. The summed E-state index contributed by atoms with van der Waals surface area (Å²) in [7, 11) is 0. The number of fused-ring (bicyclic) bond motifs is 1. The van der Waals surface area contributed by atoms with E-state index >= 15 is 0 Å². The Hall–Kier alpha value is -4.28. The van der Waals surface area contributed by atoms with Gasteiger partial charge in [-0.2, -0.15) is 13.2 Å². The van der Waals surface area contributed by atoms with E-state index in [0.29, 0.717) is 24.9 Å². The van der Waals surface area contributed by atoms with E-state index in [2.05, 4.69) is 10.1 Å². The van der Waals surface area contributed by atoms with E-state index in [1.54, 1.807) is 26.8 Å². The molecule has 3 aliphatic rings. The molecular weight excluding hydrogens is 669 g/mol. The number of benzene rings is 1. The third-order valence-corrected chi connectivity index (χ3v) is 7.97. The van der Waals surface area contributed by atoms with E-state index in [-0.39, 0.29) is 37.2 Å². The van der Waals surface area contributed by atoms with E-state index in [4.69, 9.17) is 18.9 Å². The van der Waals surface area contributed by atoms with Crippen LogP contribution >= 0.6 is 0 Å². The minimum Gasteiger partial charge on any atom is -0.460 e. The lowest BCUT2D eigenvalue weighted by atomic mass is 9.91. The van der Waals surface area contributed by atoms with Crippen LogP contribution in [0.15, 0.2) is 42.0 Å². The second-order valence-electron chi connectivity index (χ2n) is 13.1. The number of likely N-dealkylation sites (tertiary alicyclic amines) is 1. The number of aliphatic hydroxyl groups is 1. The molecule has 0 unspecified atom stereocenters. The molecule has 1 aromatic rings. The largest absolute Gasteiger partial charge is 0.460 e. The van der Waals surface area contributed by atoms with Crippen molar-refractivity contribution in [3.8, 4) is 0 Å². The van der Waals surface area contributed by atoms with Crippen LogP contribution in [0.25, 0.3) is 6.08 Å². The predicted octanol–water partition coefficient (Wildman–Crippen LogP) is 2.99. The molecule has 50 heavy (non-hydrogen) atoms. The van der Waals surface area contributed by atoms with Crippen molar-refractivity contribution in [2.75, 3.05) is 26.6 Å². The van der Waals surface area contributed by atoms with Crippen LogP contribution in [0, 0.1) is 0 Å². The number of amides is 2. The monoisotopic (exact) mass is 710 g/mol. The van der Waals surface area contributed by atoms with Crippen molar-refractivity contribution in [1.82, 2.24) is 10.2 Å². The molecule has 13 nitrogen and oxygen atoms in total.